The van der Waals surface area contributed by atoms with Gasteiger partial charge in [-0.25, -0.2) is 0 Å². The third kappa shape index (κ3) is 6.11. The van der Waals surface area contributed by atoms with Crippen molar-refractivity contribution in [3.05, 3.63) is 63.6 Å². The van der Waals surface area contributed by atoms with Crippen LogP contribution in [0.25, 0.3) is 0 Å². The summed E-state index contributed by atoms with van der Waals surface area (Å²) in [7, 11) is 2.14. The quantitative estimate of drug-likeness (QED) is 0.742. The van der Waals surface area contributed by atoms with E-state index in [1.165, 1.54) is 0 Å². The molecule has 1 N–H and O–H groups in total. The smallest absolute Gasteiger partial charge is 0.251 e. The van der Waals surface area contributed by atoms with E-state index in [9.17, 15) is 4.79 Å². The third-order valence-electron chi connectivity index (χ3n) is 4.81. The topological polar surface area (TPSA) is 44.8 Å². The van der Waals surface area contributed by atoms with Gasteiger partial charge in [0.05, 0.1) is 5.02 Å². The van der Waals surface area contributed by atoms with Crippen LogP contribution in [0.2, 0.25) is 10.0 Å². The average Bonchev–Trinajstić information content (AvgIpc) is 2.69. The molecule has 0 spiro atoms. The first-order chi connectivity index (χ1) is 13.5. The summed E-state index contributed by atoms with van der Waals surface area (Å²) < 4.78 is 5.72. The fraction of sp³-hybridized carbons (Fsp3) is 0.381. The number of likely N-dealkylation sites (N-methyl/N-ethyl adjacent to an activating group) is 1. The highest BCUT2D eigenvalue weighted by Crippen LogP contribution is 2.28. The van der Waals surface area contributed by atoms with Gasteiger partial charge in [-0.15, -0.1) is 0 Å². The summed E-state index contributed by atoms with van der Waals surface area (Å²) in [4.78, 5) is 17.0. The zero-order chi connectivity index (χ0) is 19.9. The van der Waals surface area contributed by atoms with Gasteiger partial charge in [0.1, 0.15) is 12.4 Å². The number of amides is 1. The molecule has 28 heavy (non-hydrogen) atoms. The average molecular weight is 422 g/mol. The summed E-state index contributed by atoms with van der Waals surface area (Å²) in [6.45, 7) is 6.18. The number of hydrogen-bond acceptors (Lipinski definition) is 4. The van der Waals surface area contributed by atoms with Gasteiger partial charge in [0.25, 0.3) is 5.91 Å². The lowest BCUT2D eigenvalue weighted by Crippen LogP contribution is -2.46. The van der Waals surface area contributed by atoms with Gasteiger partial charge in [-0.1, -0.05) is 35.3 Å². The van der Waals surface area contributed by atoms with Crippen LogP contribution in [-0.2, 0) is 6.61 Å². The van der Waals surface area contributed by atoms with E-state index in [-0.39, 0.29) is 5.91 Å². The standard InChI is InChI=1S/C21H25Cl2N3O2/c1-25-10-12-26(13-11-25)9-8-24-21(27)17-4-2-16(3-5-17)15-28-20-7-6-18(22)14-19(20)23/h2-7,14H,8-13,15H2,1H3,(H,24,27). The van der Waals surface area contributed by atoms with Crippen LogP contribution < -0.4 is 10.1 Å². The lowest BCUT2D eigenvalue weighted by Gasteiger charge is -2.32. The van der Waals surface area contributed by atoms with Crippen molar-refractivity contribution >= 4 is 29.1 Å². The van der Waals surface area contributed by atoms with E-state index in [0.29, 0.717) is 34.5 Å². The number of benzene rings is 2. The molecule has 1 amide bonds. The van der Waals surface area contributed by atoms with Gasteiger partial charge in [0.15, 0.2) is 0 Å². The van der Waals surface area contributed by atoms with Crippen LogP contribution in [0.1, 0.15) is 15.9 Å². The van der Waals surface area contributed by atoms with E-state index in [1.807, 2.05) is 24.3 Å². The second-order valence-electron chi connectivity index (χ2n) is 6.96. The van der Waals surface area contributed by atoms with Gasteiger partial charge >= 0.3 is 0 Å². The second kappa shape index (κ2) is 10.1. The van der Waals surface area contributed by atoms with Crippen LogP contribution in [0.5, 0.6) is 5.75 Å². The largest absolute Gasteiger partial charge is 0.487 e. The summed E-state index contributed by atoms with van der Waals surface area (Å²) in [5.74, 6) is 0.527. The number of ether oxygens (including phenoxy) is 1. The fourth-order valence-corrected chi connectivity index (χ4v) is 3.47. The Kier molecular flexibility index (Phi) is 7.57. The lowest BCUT2D eigenvalue weighted by atomic mass is 10.1. The molecule has 2 aromatic carbocycles. The van der Waals surface area contributed by atoms with E-state index in [0.717, 1.165) is 38.3 Å². The van der Waals surface area contributed by atoms with Gasteiger partial charge in [-0.3, -0.25) is 9.69 Å². The molecule has 7 heteroatoms. The molecule has 150 valence electrons. The van der Waals surface area contributed by atoms with Crippen molar-refractivity contribution < 1.29 is 9.53 Å². The Balaban J connectivity index is 1.43. The zero-order valence-corrected chi connectivity index (χ0v) is 17.5. The molecule has 2 aromatic rings. The van der Waals surface area contributed by atoms with Crippen molar-refractivity contribution in [2.75, 3.05) is 46.3 Å². The fourth-order valence-electron chi connectivity index (χ4n) is 3.01. The Morgan fingerprint density at radius 3 is 2.46 bits per heavy atom. The predicted octanol–water partition coefficient (Wildman–Crippen LogP) is 3.55. The van der Waals surface area contributed by atoms with E-state index in [4.69, 9.17) is 27.9 Å². The molecule has 5 nitrogen and oxygen atoms in total. The van der Waals surface area contributed by atoms with Crippen LogP contribution in [0, 0.1) is 0 Å². The van der Waals surface area contributed by atoms with Crippen molar-refractivity contribution in [1.82, 2.24) is 15.1 Å². The minimum absolute atomic E-state index is 0.0534. The van der Waals surface area contributed by atoms with E-state index < -0.39 is 0 Å². The Morgan fingerprint density at radius 1 is 1.07 bits per heavy atom. The molecular weight excluding hydrogens is 397 g/mol. The minimum atomic E-state index is -0.0534. The van der Waals surface area contributed by atoms with E-state index >= 15 is 0 Å². The molecule has 1 fully saturated rings. The van der Waals surface area contributed by atoms with Crippen LogP contribution in [0.15, 0.2) is 42.5 Å². The minimum Gasteiger partial charge on any atom is -0.487 e. The van der Waals surface area contributed by atoms with E-state index in [2.05, 4.69) is 22.2 Å². The molecule has 0 saturated carbocycles. The molecule has 0 radical (unpaired) electrons. The zero-order valence-electron chi connectivity index (χ0n) is 16.0. The Morgan fingerprint density at radius 2 is 1.79 bits per heavy atom. The summed E-state index contributed by atoms with van der Waals surface area (Å²) in [5.41, 5.74) is 1.60. The molecule has 3 rings (SSSR count). The van der Waals surface area contributed by atoms with Crippen molar-refractivity contribution in [2.24, 2.45) is 0 Å². The number of nitrogens with one attached hydrogen (secondary N) is 1. The van der Waals surface area contributed by atoms with Crippen molar-refractivity contribution in [2.45, 2.75) is 6.61 Å². The first-order valence-electron chi connectivity index (χ1n) is 9.37. The highest BCUT2D eigenvalue weighted by molar-refractivity contribution is 6.35. The maximum atomic E-state index is 12.3. The Hall–Kier alpha value is -1.79. The van der Waals surface area contributed by atoms with Gasteiger partial charge in [0, 0.05) is 49.9 Å². The van der Waals surface area contributed by atoms with Gasteiger partial charge < -0.3 is 15.0 Å². The molecule has 1 aliphatic rings. The summed E-state index contributed by atoms with van der Waals surface area (Å²) >= 11 is 12.0. The van der Waals surface area contributed by atoms with Gasteiger partial charge in [-0.2, -0.15) is 0 Å². The predicted molar refractivity (Wildman–Crippen MR) is 114 cm³/mol. The number of hydrogen-bond donors (Lipinski definition) is 1. The SMILES string of the molecule is CN1CCN(CCNC(=O)c2ccc(COc3ccc(Cl)cc3Cl)cc2)CC1. The first kappa shape index (κ1) is 20.9. The Bertz CT molecular complexity index is 791. The maximum absolute atomic E-state index is 12.3. The highest BCUT2D eigenvalue weighted by Gasteiger charge is 2.13. The molecule has 0 unspecified atom stereocenters. The van der Waals surface area contributed by atoms with Crippen LogP contribution in [-0.4, -0.2) is 62.0 Å². The van der Waals surface area contributed by atoms with Gasteiger partial charge in [-0.05, 0) is 42.9 Å². The molecule has 1 aliphatic heterocycles. The second-order valence-corrected chi connectivity index (χ2v) is 7.80. The normalized spacial score (nSPS) is 15.4. The van der Waals surface area contributed by atoms with Gasteiger partial charge in [0.2, 0.25) is 0 Å². The number of rotatable bonds is 7. The highest BCUT2D eigenvalue weighted by atomic mass is 35.5. The summed E-state index contributed by atoms with van der Waals surface area (Å²) in [6.07, 6.45) is 0. The summed E-state index contributed by atoms with van der Waals surface area (Å²) in [5, 5.41) is 4.04. The number of piperazine rings is 1. The maximum Gasteiger partial charge on any atom is 0.251 e. The van der Waals surface area contributed by atoms with Crippen molar-refractivity contribution in [3.8, 4) is 5.75 Å². The third-order valence-corrected chi connectivity index (χ3v) is 5.34. The molecule has 1 saturated heterocycles. The number of halogens is 2. The van der Waals surface area contributed by atoms with Crippen LogP contribution in [0.4, 0.5) is 0 Å². The monoisotopic (exact) mass is 421 g/mol. The molecule has 0 aromatic heterocycles. The van der Waals surface area contributed by atoms with Crippen LogP contribution >= 0.6 is 23.2 Å². The van der Waals surface area contributed by atoms with Crippen LogP contribution in [0.3, 0.4) is 0 Å². The molecule has 0 bridgehead atoms. The number of carbonyl (C=O) groups excluding carboxylic acids is 1. The van der Waals surface area contributed by atoms with E-state index in [1.54, 1.807) is 18.2 Å². The molecule has 0 aliphatic carbocycles. The van der Waals surface area contributed by atoms with Crippen molar-refractivity contribution in [3.63, 3.8) is 0 Å². The number of nitrogens with zero attached hydrogens (tertiary/aromatic N) is 2. The molecule has 1 heterocycles. The molecular formula is C21H25Cl2N3O2. The number of carbonyl (C=O) groups is 1. The summed E-state index contributed by atoms with van der Waals surface area (Å²) in [6, 6.07) is 12.5. The first-order valence-corrected chi connectivity index (χ1v) is 10.1. The van der Waals surface area contributed by atoms with Crippen molar-refractivity contribution in [1.29, 1.82) is 0 Å². The molecule has 0 atom stereocenters. The Labute approximate surface area is 176 Å². The lowest BCUT2D eigenvalue weighted by molar-refractivity contribution is 0.0941.